The molecule has 2 aromatic rings. The largest absolute Gasteiger partial charge is 0.347 e. The van der Waals surface area contributed by atoms with E-state index in [2.05, 4.69) is 62.3 Å². The first-order valence-corrected chi connectivity index (χ1v) is 12.5. The molecule has 0 saturated carbocycles. The van der Waals surface area contributed by atoms with Gasteiger partial charge in [0.15, 0.2) is 0 Å². The predicted molar refractivity (Wildman–Crippen MR) is 143 cm³/mol. The lowest BCUT2D eigenvalue weighted by Crippen LogP contribution is -2.21. The van der Waals surface area contributed by atoms with E-state index in [-0.39, 0.29) is 5.82 Å². The molecular weight excluding hydrogens is 429 g/mol. The highest BCUT2D eigenvalue weighted by molar-refractivity contribution is 8.06. The van der Waals surface area contributed by atoms with Gasteiger partial charge < -0.3 is 5.32 Å². The van der Waals surface area contributed by atoms with Crippen LogP contribution in [0.5, 0.6) is 0 Å². The molecule has 0 amide bonds. The molecule has 1 aromatic heterocycles. The lowest BCUT2D eigenvalue weighted by molar-refractivity contribution is 0.628. The maximum Gasteiger partial charge on any atom is 0.134 e. The number of aryl methyl sites for hydroxylation is 1. The average Bonchev–Trinajstić information content (AvgIpc) is 2.80. The van der Waals surface area contributed by atoms with Crippen molar-refractivity contribution in [2.75, 3.05) is 6.54 Å². The van der Waals surface area contributed by atoms with Crippen LogP contribution in [0.1, 0.15) is 64.6 Å². The number of aliphatic imine (C=N–C) groups is 1. The molecule has 1 N–H and O–H groups in total. The van der Waals surface area contributed by atoms with Crippen molar-refractivity contribution < 1.29 is 4.39 Å². The number of halogens is 1. The topological polar surface area (TPSA) is 37.3 Å². The SMILES string of the molecule is CC/C=C(/C)S/C(=C/CC)CN=C(N/C=C/CCC)c1cc(-c2ccc(F)cc2)cnc1C. The highest BCUT2D eigenvalue weighted by atomic mass is 32.2. The molecule has 0 aliphatic heterocycles. The second kappa shape index (κ2) is 14.5. The Morgan fingerprint density at radius 3 is 2.48 bits per heavy atom. The zero-order valence-electron chi connectivity index (χ0n) is 20.5. The Bertz CT molecular complexity index is 1000. The molecule has 0 saturated heterocycles. The monoisotopic (exact) mass is 465 g/mol. The zero-order valence-corrected chi connectivity index (χ0v) is 21.3. The Labute approximate surface area is 203 Å². The summed E-state index contributed by atoms with van der Waals surface area (Å²) in [6.45, 7) is 11.2. The van der Waals surface area contributed by atoms with Crippen molar-refractivity contribution in [1.82, 2.24) is 10.3 Å². The second-order valence-electron chi connectivity index (χ2n) is 7.77. The summed E-state index contributed by atoms with van der Waals surface area (Å²) in [4.78, 5) is 12.1. The molecule has 0 radical (unpaired) electrons. The van der Waals surface area contributed by atoms with Crippen LogP contribution in [0.3, 0.4) is 0 Å². The Hall–Kier alpha value is -2.66. The number of benzene rings is 1. The van der Waals surface area contributed by atoms with E-state index in [4.69, 9.17) is 4.99 Å². The van der Waals surface area contributed by atoms with E-state index in [1.807, 2.05) is 19.3 Å². The summed E-state index contributed by atoms with van der Waals surface area (Å²) in [5.74, 6) is 0.542. The van der Waals surface area contributed by atoms with Crippen LogP contribution < -0.4 is 5.32 Å². The van der Waals surface area contributed by atoms with Crippen molar-refractivity contribution in [1.29, 1.82) is 0 Å². The molecule has 0 unspecified atom stereocenters. The average molecular weight is 466 g/mol. The third-order valence-electron chi connectivity index (χ3n) is 4.92. The van der Waals surface area contributed by atoms with Crippen molar-refractivity contribution in [3.8, 4) is 11.1 Å². The van der Waals surface area contributed by atoms with Crippen LogP contribution in [0, 0.1) is 12.7 Å². The number of unbranched alkanes of at least 4 members (excludes halogenated alkanes) is 1. The van der Waals surface area contributed by atoms with E-state index in [1.54, 1.807) is 23.9 Å². The van der Waals surface area contributed by atoms with E-state index < -0.39 is 0 Å². The maximum atomic E-state index is 13.4. The minimum absolute atomic E-state index is 0.246. The van der Waals surface area contributed by atoms with Crippen LogP contribution in [0.4, 0.5) is 4.39 Å². The highest BCUT2D eigenvalue weighted by Gasteiger charge is 2.11. The van der Waals surface area contributed by atoms with Gasteiger partial charge >= 0.3 is 0 Å². The van der Waals surface area contributed by atoms with Crippen molar-refractivity contribution in [3.63, 3.8) is 0 Å². The van der Waals surface area contributed by atoms with E-state index in [9.17, 15) is 4.39 Å². The summed E-state index contributed by atoms with van der Waals surface area (Å²) >= 11 is 1.79. The number of hydrogen-bond donors (Lipinski definition) is 1. The normalized spacial score (nSPS) is 13.1. The lowest BCUT2D eigenvalue weighted by Gasteiger charge is -2.13. The van der Waals surface area contributed by atoms with Crippen LogP contribution in [0.15, 0.2) is 75.8 Å². The summed E-state index contributed by atoms with van der Waals surface area (Å²) in [6.07, 6.45) is 14.5. The Morgan fingerprint density at radius 2 is 1.82 bits per heavy atom. The maximum absolute atomic E-state index is 13.4. The minimum atomic E-state index is -0.246. The first-order chi connectivity index (χ1) is 16.0. The first-order valence-electron chi connectivity index (χ1n) is 11.7. The first kappa shape index (κ1) is 26.6. The lowest BCUT2D eigenvalue weighted by atomic mass is 10.0. The molecule has 0 fully saturated rings. The molecule has 176 valence electrons. The number of allylic oxidation sites excluding steroid dienone is 4. The van der Waals surface area contributed by atoms with Gasteiger partial charge in [0.1, 0.15) is 11.7 Å². The summed E-state index contributed by atoms with van der Waals surface area (Å²) in [5.41, 5.74) is 3.70. The van der Waals surface area contributed by atoms with Crippen LogP contribution in [-0.4, -0.2) is 17.4 Å². The van der Waals surface area contributed by atoms with Crippen molar-refractivity contribution >= 4 is 17.6 Å². The third-order valence-corrected chi connectivity index (χ3v) is 5.97. The second-order valence-corrected chi connectivity index (χ2v) is 9.14. The molecule has 1 aromatic carbocycles. The zero-order chi connectivity index (χ0) is 24.1. The van der Waals surface area contributed by atoms with Crippen LogP contribution in [-0.2, 0) is 0 Å². The van der Waals surface area contributed by atoms with E-state index >= 15 is 0 Å². The van der Waals surface area contributed by atoms with E-state index in [0.717, 1.165) is 53.9 Å². The number of aromatic nitrogens is 1. The quantitative estimate of drug-likeness (QED) is 0.268. The van der Waals surface area contributed by atoms with Gasteiger partial charge in [-0.15, -0.1) is 0 Å². The molecule has 0 atom stereocenters. The summed E-state index contributed by atoms with van der Waals surface area (Å²) in [5, 5.41) is 3.39. The van der Waals surface area contributed by atoms with Crippen molar-refractivity contribution in [2.24, 2.45) is 4.99 Å². The molecule has 0 aliphatic carbocycles. The summed E-state index contributed by atoms with van der Waals surface area (Å²) < 4.78 is 13.4. The number of hydrogen-bond acceptors (Lipinski definition) is 3. The fourth-order valence-electron chi connectivity index (χ4n) is 3.23. The van der Waals surface area contributed by atoms with Crippen molar-refractivity contribution in [3.05, 3.63) is 87.8 Å². The van der Waals surface area contributed by atoms with Gasteiger partial charge in [-0.2, -0.15) is 0 Å². The number of amidine groups is 1. The molecule has 33 heavy (non-hydrogen) atoms. The summed E-state index contributed by atoms with van der Waals surface area (Å²) in [6, 6.07) is 8.58. The number of nitrogens with zero attached hydrogens (tertiary/aromatic N) is 2. The van der Waals surface area contributed by atoms with Crippen LogP contribution in [0.25, 0.3) is 11.1 Å². The molecule has 1 heterocycles. The smallest absolute Gasteiger partial charge is 0.134 e. The molecule has 0 aliphatic rings. The Kier molecular flexibility index (Phi) is 11.7. The molecule has 5 heteroatoms. The number of pyridine rings is 1. The number of nitrogens with one attached hydrogen (secondary N) is 1. The predicted octanol–water partition coefficient (Wildman–Crippen LogP) is 8.19. The van der Waals surface area contributed by atoms with Gasteiger partial charge in [-0.05, 0) is 68.0 Å². The molecule has 2 rings (SSSR count). The Morgan fingerprint density at radius 1 is 1.09 bits per heavy atom. The van der Waals surface area contributed by atoms with Gasteiger partial charge in [0.05, 0.1) is 6.54 Å². The fraction of sp³-hybridized carbons (Fsp3) is 0.357. The van der Waals surface area contributed by atoms with Gasteiger partial charge in [0, 0.05) is 27.9 Å². The van der Waals surface area contributed by atoms with Crippen molar-refractivity contribution in [2.45, 2.75) is 60.3 Å². The Balaban J connectivity index is 2.41. The molecular formula is C28H36FN3S. The standard InChI is InChI=1S/C28H36FN3S/c1-6-9-10-17-30-28(32-20-26(12-8-3)33-21(4)11-7-2)27-18-24(19-31-22(27)5)23-13-15-25(29)16-14-23/h10-19H,6-9,20H2,1-5H3,(H,30,32)/b17-10+,21-11-,26-12+. The summed E-state index contributed by atoms with van der Waals surface area (Å²) in [7, 11) is 0. The minimum Gasteiger partial charge on any atom is -0.347 e. The van der Waals surface area contributed by atoms with Gasteiger partial charge in [-0.3, -0.25) is 9.98 Å². The van der Waals surface area contributed by atoms with Crippen LogP contribution in [0.2, 0.25) is 0 Å². The van der Waals surface area contributed by atoms with Gasteiger partial charge in [0.2, 0.25) is 0 Å². The number of thioether (sulfide) groups is 1. The number of rotatable bonds is 11. The third kappa shape index (κ3) is 9.01. The molecule has 3 nitrogen and oxygen atoms in total. The van der Waals surface area contributed by atoms with Crippen LogP contribution >= 0.6 is 11.8 Å². The molecule has 0 bridgehead atoms. The van der Waals surface area contributed by atoms with Gasteiger partial charge in [-0.1, -0.05) is 69.3 Å². The van der Waals surface area contributed by atoms with E-state index in [0.29, 0.717) is 6.54 Å². The van der Waals surface area contributed by atoms with E-state index in [1.165, 1.54) is 21.9 Å². The molecule has 0 spiro atoms. The van der Waals surface area contributed by atoms with Gasteiger partial charge in [0.25, 0.3) is 0 Å². The fourth-order valence-corrected chi connectivity index (χ4v) is 4.27. The van der Waals surface area contributed by atoms with Gasteiger partial charge in [-0.25, -0.2) is 4.39 Å². The highest BCUT2D eigenvalue weighted by Crippen LogP contribution is 2.27.